The predicted octanol–water partition coefficient (Wildman–Crippen LogP) is 4.25. The van der Waals surface area contributed by atoms with Crippen LogP contribution in [0.25, 0.3) is 20.9 Å². The lowest BCUT2D eigenvalue weighted by Gasteiger charge is -2.09. The maximum Gasteiger partial charge on any atom is 0.262 e. The zero-order valence-electron chi connectivity index (χ0n) is 14.6. The smallest absolute Gasteiger partial charge is 0.262 e. The van der Waals surface area contributed by atoms with Crippen LogP contribution in [0.15, 0.2) is 66.9 Å². The summed E-state index contributed by atoms with van der Waals surface area (Å²) in [4.78, 5) is 22.0. The van der Waals surface area contributed by atoms with Gasteiger partial charge in [0.1, 0.15) is 27.2 Å². The molecule has 4 rings (SSSR count). The molecule has 0 fully saturated rings. The molecule has 1 N–H and O–H groups in total. The number of thiazole rings is 1. The third-order valence-corrected chi connectivity index (χ3v) is 4.95. The number of carbonyl (C=O) groups excluding carboxylic acids is 1. The number of rotatable bonds is 5. The largest absolute Gasteiger partial charge is 0.482 e. The number of nitrogens with one attached hydrogen (secondary N) is 1. The summed E-state index contributed by atoms with van der Waals surface area (Å²) >= 11 is 1.50. The van der Waals surface area contributed by atoms with Gasteiger partial charge in [-0.25, -0.2) is 9.97 Å². The van der Waals surface area contributed by atoms with E-state index >= 15 is 0 Å². The first-order chi connectivity index (χ1) is 13.7. The van der Waals surface area contributed by atoms with Crippen LogP contribution in [0.3, 0.4) is 0 Å². The van der Waals surface area contributed by atoms with E-state index in [4.69, 9.17) is 10.00 Å². The maximum absolute atomic E-state index is 12.2. The van der Waals surface area contributed by atoms with Crippen molar-refractivity contribution in [1.29, 1.82) is 5.26 Å². The van der Waals surface area contributed by atoms with Crippen molar-refractivity contribution in [2.24, 2.45) is 0 Å². The second kappa shape index (κ2) is 7.86. The molecule has 4 aromatic rings. The van der Waals surface area contributed by atoms with Crippen molar-refractivity contribution in [3.63, 3.8) is 0 Å². The van der Waals surface area contributed by atoms with E-state index in [1.165, 1.54) is 11.3 Å². The van der Waals surface area contributed by atoms with Crippen LogP contribution in [0.5, 0.6) is 5.75 Å². The van der Waals surface area contributed by atoms with Crippen LogP contribution in [0.1, 0.15) is 5.56 Å². The van der Waals surface area contributed by atoms with Crippen molar-refractivity contribution in [3.8, 4) is 22.4 Å². The van der Waals surface area contributed by atoms with E-state index in [1.807, 2.05) is 36.4 Å². The summed E-state index contributed by atoms with van der Waals surface area (Å²) in [5.74, 6) is 0.0757. The SMILES string of the molecule is N#Cc1ccccc1OCC(=O)Nc1cccc(-c2nc3cccnc3s2)c1. The zero-order valence-corrected chi connectivity index (χ0v) is 15.4. The molecule has 6 nitrogen and oxygen atoms in total. The molecule has 0 unspecified atom stereocenters. The Morgan fingerprint density at radius 1 is 1.14 bits per heavy atom. The summed E-state index contributed by atoms with van der Waals surface area (Å²) in [6.07, 6.45) is 1.74. The zero-order chi connectivity index (χ0) is 19.3. The fourth-order valence-electron chi connectivity index (χ4n) is 2.65. The van der Waals surface area contributed by atoms with Gasteiger partial charge in [0.05, 0.1) is 5.56 Å². The summed E-state index contributed by atoms with van der Waals surface area (Å²) in [5, 5.41) is 12.7. The summed E-state index contributed by atoms with van der Waals surface area (Å²) in [7, 11) is 0. The first kappa shape index (κ1) is 17.6. The molecule has 0 aliphatic rings. The van der Waals surface area contributed by atoms with E-state index in [-0.39, 0.29) is 12.5 Å². The Labute approximate surface area is 165 Å². The topological polar surface area (TPSA) is 87.9 Å². The van der Waals surface area contributed by atoms with Gasteiger partial charge in [-0.15, -0.1) is 0 Å². The molecule has 0 atom stereocenters. The third-order valence-electron chi connectivity index (χ3n) is 3.93. The van der Waals surface area contributed by atoms with Crippen molar-refractivity contribution in [1.82, 2.24) is 9.97 Å². The predicted molar refractivity (Wildman–Crippen MR) is 108 cm³/mol. The minimum absolute atomic E-state index is 0.187. The van der Waals surface area contributed by atoms with E-state index in [9.17, 15) is 4.79 Å². The van der Waals surface area contributed by atoms with E-state index in [2.05, 4.69) is 15.3 Å². The van der Waals surface area contributed by atoms with Gasteiger partial charge in [-0.2, -0.15) is 5.26 Å². The summed E-state index contributed by atoms with van der Waals surface area (Å²) < 4.78 is 5.46. The molecule has 2 aromatic carbocycles. The molecule has 0 aliphatic carbocycles. The molecule has 2 aromatic heterocycles. The molecule has 2 heterocycles. The number of para-hydroxylation sites is 1. The van der Waals surface area contributed by atoms with E-state index < -0.39 is 0 Å². The first-order valence-corrected chi connectivity index (χ1v) is 9.28. The Kier molecular flexibility index (Phi) is 4.95. The summed E-state index contributed by atoms with van der Waals surface area (Å²) in [5.41, 5.74) is 2.78. The fraction of sp³-hybridized carbons (Fsp3) is 0.0476. The first-order valence-electron chi connectivity index (χ1n) is 8.47. The van der Waals surface area contributed by atoms with Crippen LogP contribution < -0.4 is 10.1 Å². The lowest BCUT2D eigenvalue weighted by Crippen LogP contribution is -2.20. The average molecular weight is 386 g/mol. The van der Waals surface area contributed by atoms with Crippen molar-refractivity contribution >= 4 is 33.3 Å². The molecule has 0 saturated carbocycles. The molecule has 1 amide bonds. The van der Waals surface area contributed by atoms with Crippen LogP contribution in [0, 0.1) is 11.3 Å². The molecular weight excluding hydrogens is 372 g/mol. The Hall–Kier alpha value is -3.76. The quantitative estimate of drug-likeness (QED) is 0.554. The van der Waals surface area contributed by atoms with Crippen LogP contribution in [0.4, 0.5) is 5.69 Å². The normalized spacial score (nSPS) is 10.4. The highest BCUT2D eigenvalue weighted by Crippen LogP contribution is 2.30. The molecule has 0 radical (unpaired) electrons. The number of benzene rings is 2. The average Bonchev–Trinajstić information content (AvgIpc) is 3.17. The van der Waals surface area contributed by atoms with Gasteiger partial charge >= 0.3 is 0 Å². The van der Waals surface area contributed by atoms with Crippen molar-refractivity contribution < 1.29 is 9.53 Å². The number of hydrogen-bond acceptors (Lipinski definition) is 6. The van der Waals surface area contributed by atoms with Crippen molar-refractivity contribution in [2.75, 3.05) is 11.9 Å². The van der Waals surface area contributed by atoms with Crippen molar-refractivity contribution in [2.45, 2.75) is 0 Å². The number of nitriles is 1. The van der Waals surface area contributed by atoms with Gasteiger partial charge < -0.3 is 10.1 Å². The second-order valence-electron chi connectivity index (χ2n) is 5.87. The maximum atomic E-state index is 12.2. The minimum Gasteiger partial charge on any atom is -0.482 e. The highest BCUT2D eigenvalue weighted by molar-refractivity contribution is 7.21. The van der Waals surface area contributed by atoms with Gasteiger partial charge in [0, 0.05) is 17.4 Å². The lowest BCUT2D eigenvalue weighted by molar-refractivity contribution is -0.118. The molecule has 0 saturated heterocycles. The molecule has 0 spiro atoms. The number of hydrogen-bond donors (Lipinski definition) is 1. The highest BCUT2D eigenvalue weighted by Gasteiger charge is 2.10. The molecule has 0 aliphatic heterocycles. The number of anilines is 1. The number of amides is 1. The van der Waals surface area contributed by atoms with Gasteiger partial charge in [-0.3, -0.25) is 4.79 Å². The standard InChI is InChI=1S/C21H14N4O2S/c22-12-15-5-1-2-9-18(15)27-13-19(26)24-16-7-3-6-14(11-16)20-25-17-8-4-10-23-21(17)28-20/h1-11H,13H2,(H,24,26). The number of ether oxygens (including phenoxy) is 1. The monoisotopic (exact) mass is 386 g/mol. The van der Waals surface area contributed by atoms with Crippen molar-refractivity contribution in [3.05, 3.63) is 72.4 Å². The van der Waals surface area contributed by atoms with E-state index in [1.54, 1.807) is 36.5 Å². The number of nitrogens with zero attached hydrogens (tertiary/aromatic N) is 3. The number of fused-ring (bicyclic) bond motifs is 1. The van der Waals surface area contributed by atoms with Gasteiger partial charge in [0.15, 0.2) is 6.61 Å². The van der Waals surface area contributed by atoms with Crippen LogP contribution >= 0.6 is 11.3 Å². The van der Waals surface area contributed by atoms with Gasteiger partial charge in [0.2, 0.25) is 0 Å². The number of carbonyl (C=O) groups is 1. The Balaban J connectivity index is 1.46. The molecule has 0 bridgehead atoms. The summed E-state index contributed by atoms with van der Waals surface area (Å²) in [6.45, 7) is -0.187. The van der Waals surface area contributed by atoms with E-state index in [0.29, 0.717) is 17.0 Å². The molecule has 28 heavy (non-hydrogen) atoms. The number of pyridine rings is 1. The second-order valence-corrected chi connectivity index (χ2v) is 6.85. The fourth-order valence-corrected chi connectivity index (χ4v) is 3.55. The Bertz CT molecular complexity index is 1160. The van der Waals surface area contributed by atoms with Crippen LogP contribution in [0.2, 0.25) is 0 Å². The third kappa shape index (κ3) is 3.82. The van der Waals surface area contributed by atoms with Gasteiger partial charge in [-0.05, 0) is 36.4 Å². The van der Waals surface area contributed by atoms with Crippen LogP contribution in [-0.4, -0.2) is 22.5 Å². The Morgan fingerprint density at radius 3 is 2.89 bits per heavy atom. The molecule has 7 heteroatoms. The minimum atomic E-state index is -0.309. The highest BCUT2D eigenvalue weighted by atomic mass is 32.1. The molecular formula is C21H14N4O2S. The van der Waals surface area contributed by atoms with Crippen LogP contribution in [-0.2, 0) is 4.79 Å². The van der Waals surface area contributed by atoms with E-state index in [0.717, 1.165) is 20.9 Å². The van der Waals surface area contributed by atoms with Gasteiger partial charge in [-0.1, -0.05) is 35.6 Å². The lowest BCUT2D eigenvalue weighted by atomic mass is 10.2. The number of aromatic nitrogens is 2. The summed E-state index contributed by atoms with van der Waals surface area (Å²) in [6, 6.07) is 20.1. The Morgan fingerprint density at radius 2 is 2.04 bits per heavy atom. The van der Waals surface area contributed by atoms with Gasteiger partial charge in [0.25, 0.3) is 5.91 Å². The molecule has 136 valence electrons.